The Bertz CT molecular complexity index is 639. The maximum absolute atomic E-state index is 12.1. The lowest BCUT2D eigenvalue weighted by Crippen LogP contribution is -2.21. The maximum atomic E-state index is 12.1. The van der Waals surface area contributed by atoms with Gasteiger partial charge in [-0.1, -0.05) is 47.5 Å². The minimum atomic E-state index is 0.0142. The summed E-state index contributed by atoms with van der Waals surface area (Å²) in [7, 11) is 0. The lowest BCUT2D eigenvalue weighted by Gasteiger charge is -2.19. The summed E-state index contributed by atoms with van der Waals surface area (Å²) in [5, 5.41) is 0.857. The minimum Gasteiger partial charge on any atom is -0.279 e. The summed E-state index contributed by atoms with van der Waals surface area (Å²) >= 11 is 12.2. The van der Waals surface area contributed by atoms with Gasteiger partial charge in [0.25, 0.3) is 0 Å². The fourth-order valence-corrected chi connectivity index (χ4v) is 2.56. The molecule has 1 aliphatic heterocycles. The smallest absolute Gasteiger partial charge is 0.236 e. The third kappa shape index (κ3) is 1.69. The molecule has 0 saturated heterocycles. The van der Waals surface area contributed by atoms with Gasteiger partial charge < -0.3 is 0 Å². The fourth-order valence-electron chi connectivity index (χ4n) is 2.18. The molecular weight excluding hydrogens is 269 g/mol. The van der Waals surface area contributed by atoms with Gasteiger partial charge in [-0.05, 0) is 23.8 Å². The van der Waals surface area contributed by atoms with Crippen LogP contribution in [0.3, 0.4) is 0 Å². The normalized spacial score (nSPS) is 13.9. The predicted molar refractivity (Wildman–Crippen MR) is 73.8 cm³/mol. The second-order valence-corrected chi connectivity index (χ2v) is 4.89. The average Bonchev–Trinajstić information content (AvgIpc) is 2.69. The van der Waals surface area contributed by atoms with E-state index in [4.69, 9.17) is 23.2 Å². The van der Waals surface area contributed by atoms with Crippen LogP contribution >= 0.6 is 23.2 Å². The average molecular weight is 278 g/mol. The molecule has 0 spiro atoms. The molecule has 0 aliphatic carbocycles. The number of anilines is 2. The number of hydrogen-bond acceptors (Lipinski definition) is 1. The van der Waals surface area contributed by atoms with Crippen molar-refractivity contribution in [3.8, 4) is 0 Å². The van der Waals surface area contributed by atoms with Crippen LogP contribution in [0.1, 0.15) is 5.56 Å². The Morgan fingerprint density at radius 2 is 1.67 bits per heavy atom. The van der Waals surface area contributed by atoms with Crippen LogP contribution in [0.15, 0.2) is 42.5 Å². The predicted octanol–water partition coefficient (Wildman–Crippen LogP) is 4.21. The first-order valence-corrected chi connectivity index (χ1v) is 6.29. The van der Waals surface area contributed by atoms with Crippen LogP contribution in [-0.4, -0.2) is 5.91 Å². The molecule has 0 atom stereocenters. The molecule has 3 rings (SSSR count). The summed E-state index contributed by atoms with van der Waals surface area (Å²) in [6.07, 6.45) is 0.402. The number of carbonyl (C=O) groups is 1. The molecule has 2 aromatic rings. The molecule has 0 unspecified atom stereocenters. The van der Waals surface area contributed by atoms with Crippen LogP contribution in [0.2, 0.25) is 10.0 Å². The quantitative estimate of drug-likeness (QED) is 0.765. The molecule has 0 saturated carbocycles. The molecule has 18 heavy (non-hydrogen) atoms. The van der Waals surface area contributed by atoms with E-state index in [1.165, 1.54) is 0 Å². The van der Waals surface area contributed by atoms with Crippen molar-refractivity contribution in [2.75, 3.05) is 4.90 Å². The number of rotatable bonds is 1. The third-order valence-electron chi connectivity index (χ3n) is 3.00. The Kier molecular flexibility index (Phi) is 2.77. The Labute approximate surface area is 115 Å². The van der Waals surface area contributed by atoms with E-state index in [0.717, 1.165) is 11.3 Å². The molecule has 2 nitrogen and oxygen atoms in total. The summed E-state index contributed by atoms with van der Waals surface area (Å²) in [5.41, 5.74) is 2.53. The lowest BCUT2D eigenvalue weighted by molar-refractivity contribution is -0.116. The zero-order valence-corrected chi connectivity index (χ0v) is 10.9. The van der Waals surface area contributed by atoms with Crippen molar-refractivity contribution in [3.63, 3.8) is 0 Å². The Balaban J connectivity index is 2.18. The van der Waals surface area contributed by atoms with E-state index in [1.54, 1.807) is 23.1 Å². The molecule has 1 amide bonds. The van der Waals surface area contributed by atoms with Gasteiger partial charge in [0.2, 0.25) is 5.91 Å². The van der Waals surface area contributed by atoms with E-state index in [1.807, 2.05) is 24.3 Å². The summed E-state index contributed by atoms with van der Waals surface area (Å²) in [4.78, 5) is 13.7. The molecule has 1 heterocycles. The maximum Gasteiger partial charge on any atom is 0.236 e. The molecule has 4 heteroatoms. The van der Waals surface area contributed by atoms with Crippen LogP contribution in [0, 0.1) is 0 Å². The molecule has 90 valence electrons. The Morgan fingerprint density at radius 1 is 0.944 bits per heavy atom. The number of carbonyl (C=O) groups excluding carboxylic acids is 1. The van der Waals surface area contributed by atoms with Gasteiger partial charge in [-0.15, -0.1) is 0 Å². The van der Waals surface area contributed by atoms with Crippen molar-refractivity contribution in [1.82, 2.24) is 0 Å². The van der Waals surface area contributed by atoms with Gasteiger partial charge >= 0.3 is 0 Å². The second-order valence-electron chi connectivity index (χ2n) is 4.11. The summed E-state index contributed by atoms with van der Waals surface area (Å²) in [5.74, 6) is 0.0142. The number of benzene rings is 2. The zero-order valence-electron chi connectivity index (χ0n) is 9.36. The summed E-state index contributed by atoms with van der Waals surface area (Å²) < 4.78 is 0. The third-order valence-corrected chi connectivity index (χ3v) is 3.80. The monoisotopic (exact) mass is 277 g/mol. The first-order valence-electron chi connectivity index (χ1n) is 5.53. The first kappa shape index (κ1) is 11.6. The molecule has 2 aromatic carbocycles. The zero-order chi connectivity index (χ0) is 12.7. The highest BCUT2D eigenvalue weighted by molar-refractivity contribution is 6.44. The van der Waals surface area contributed by atoms with Gasteiger partial charge in [0, 0.05) is 0 Å². The van der Waals surface area contributed by atoms with Crippen LogP contribution in [-0.2, 0) is 11.2 Å². The fraction of sp³-hybridized carbons (Fsp3) is 0.0714. The number of hydrogen-bond donors (Lipinski definition) is 0. The van der Waals surface area contributed by atoms with E-state index in [-0.39, 0.29) is 5.91 Å². The molecule has 0 fully saturated rings. The molecule has 0 aromatic heterocycles. The van der Waals surface area contributed by atoms with Crippen LogP contribution < -0.4 is 4.90 Å². The highest BCUT2D eigenvalue weighted by Crippen LogP contribution is 2.40. The van der Waals surface area contributed by atoms with Crippen LogP contribution in [0.4, 0.5) is 11.4 Å². The minimum absolute atomic E-state index is 0.0142. The standard InChI is InChI=1S/C14H9Cl2NO/c15-10-5-3-7-12(14(10)16)17-11-6-2-1-4-9(11)8-13(17)18/h1-7H,8H2. The molecule has 0 N–H and O–H groups in total. The number of para-hydroxylation sites is 1. The highest BCUT2D eigenvalue weighted by Gasteiger charge is 2.29. The first-order chi connectivity index (χ1) is 8.68. The van der Waals surface area contributed by atoms with Crippen molar-refractivity contribution in [3.05, 3.63) is 58.1 Å². The topological polar surface area (TPSA) is 20.3 Å². The Morgan fingerprint density at radius 3 is 2.50 bits per heavy atom. The molecule has 1 aliphatic rings. The van der Waals surface area contributed by atoms with E-state index in [0.29, 0.717) is 22.2 Å². The highest BCUT2D eigenvalue weighted by atomic mass is 35.5. The van der Waals surface area contributed by atoms with Gasteiger partial charge in [0.15, 0.2) is 0 Å². The van der Waals surface area contributed by atoms with Crippen molar-refractivity contribution in [2.24, 2.45) is 0 Å². The summed E-state index contributed by atoms with van der Waals surface area (Å²) in [6, 6.07) is 13.0. The van der Waals surface area contributed by atoms with E-state index < -0.39 is 0 Å². The SMILES string of the molecule is O=C1Cc2ccccc2N1c1cccc(Cl)c1Cl. The second kappa shape index (κ2) is 4.30. The number of nitrogens with zero attached hydrogens (tertiary/aromatic N) is 1. The van der Waals surface area contributed by atoms with Crippen molar-refractivity contribution in [1.29, 1.82) is 0 Å². The van der Waals surface area contributed by atoms with E-state index >= 15 is 0 Å². The van der Waals surface area contributed by atoms with Crippen molar-refractivity contribution < 1.29 is 4.79 Å². The molecule has 0 bridgehead atoms. The van der Waals surface area contributed by atoms with E-state index in [2.05, 4.69) is 0 Å². The van der Waals surface area contributed by atoms with Crippen LogP contribution in [0.25, 0.3) is 0 Å². The van der Waals surface area contributed by atoms with E-state index in [9.17, 15) is 4.79 Å². The van der Waals surface area contributed by atoms with Crippen molar-refractivity contribution >= 4 is 40.5 Å². The van der Waals surface area contributed by atoms with Crippen LogP contribution in [0.5, 0.6) is 0 Å². The number of halogens is 2. The Hall–Kier alpha value is -1.51. The van der Waals surface area contributed by atoms with Gasteiger partial charge in [-0.3, -0.25) is 9.69 Å². The van der Waals surface area contributed by atoms with Gasteiger partial charge in [0.1, 0.15) is 0 Å². The molecular formula is C14H9Cl2NO. The summed E-state index contributed by atoms with van der Waals surface area (Å²) in [6.45, 7) is 0. The molecule has 0 radical (unpaired) electrons. The van der Waals surface area contributed by atoms with Crippen molar-refractivity contribution in [2.45, 2.75) is 6.42 Å². The van der Waals surface area contributed by atoms with Gasteiger partial charge in [-0.25, -0.2) is 0 Å². The number of amides is 1. The number of fused-ring (bicyclic) bond motifs is 1. The van der Waals surface area contributed by atoms with Gasteiger partial charge in [0.05, 0.1) is 27.8 Å². The van der Waals surface area contributed by atoms with Gasteiger partial charge in [-0.2, -0.15) is 0 Å². The lowest BCUT2D eigenvalue weighted by atomic mass is 10.2. The largest absolute Gasteiger partial charge is 0.279 e.